The molecule has 2 heterocycles. The lowest BCUT2D eigenvalue weighted by Crippen LogP contribution is -2.42. The third kappa shape index (κ3) is 7.10. The van der Waals surface area contributed by atoms with Gasteiger partial charge in [-0.1, -0.05) is 12.1 Å². The fourth-order valence-electron chi connectivity index (χ4n) is 5.76. The number of ether oxygens (including phenoxy) is 2. The summed E-state index contributed by atoms with van der Waals surface area (Å²) in [6.45, 7) is 0.583. The average molecular weight is 729 g/mol. The minimum absolute atomic E-state index is 0.0161. The number of hydrogen-bond donors (Lipinski definition) is 3. The Morgan fingerprint density at radius 1 is 1.04 bits per heavy atom. The Labute approximate surface area is 291 Å². The van der Waals surface area contributed by atoms with E-state index in [1.165, 1.54) is 38.3 Å². The number of hydrogen-bond acceptors (Lipinski definition) is 8. The highest BCUT2D eigenvalue weighted by atomic mass is 19.4. The van der Waals surface area contributed by atoms with Crippen LogP contribution in [0.25, 0.3) is 22.4 Å². The van der Waals surface area contributed by atoms with Crippen molar-refractivity contribution in [2.24, 2.45) is 5.73 Å². The van der Waals surface area contributed by atoms with E-state index in [1.54, 1.807) is 0 Å². The number of benzene rings is 3. The van der Waals surface area contributed by atoms with Crippen LogP contribution in [0.3, 0.4) is 0 Å². The Kier molecular flexibility index (Phi) is 9.61. The van der Waals surface area contributed by atoms with E-state index < -0.39 is 76.5 Å². The molecule has 3 aromatic carbocycles. The fourth-order valence-corrected chi connectivity index (χ4v) is 5.76. The van der Waals surface area contributed by atoms with Crippen LogP contribution in [-0.2, 0) is 23.0 Å². The quantitative estimate of drug-likeness (QED) is 0.127. The number of alkyl halides is 3. The molecular formula is C36H30F6N4O6. The molecule has 0 spiro atoms. The summed E-state index contributed by atoms with van der Waals surface area (Å²) < 4.78 is 103. The second kappa shape index (κ2) is 13.8. The predicted molar refractivity (Wildman–Crippen MR) is 173 cm³/mol. The van der Waals surface area contributed by atoms with Crippen LogP contribution in [0.4, 0.5) is 26.3 Å². The third-order valence-electron chi connectivity index (χ3n) is 8.44. The van der Waals surface area contributed by atoms with Gasteiger partial charge in [0.2, 0.25) is 5.91 Å². The van der Waals surface area contributed by atoms with Crippen molar-refractivity contribution in [2.75, 3.05) is 20.3 Å². The van der Waals surface area contributed by atoms with Gasteiger partial charge in [0.1, 0.15) is 40.2 Å². The highest BCUT2D eigenvalue weighted by molar-refractivity contribution is 5.98. The van der Waals surface area contributed by atoms with E-state index in [0.717, 1.165) is 31.0 Å². The average Bonchev–Trinajstić information content (AvgIpc) is 3.85. The van der Waals surface area contributed by atoms with Crippen LogP contribution in [-0.4, -0.2) is 47.2 Å². The second-order valence-electron chi connectivity index (χ2n) is 12.1. The molecule has 16 heteroatoms. The van der Waals surface area contributed by atoms with Crippen molar-refractivity contribution in [2.45, 2.75) is 43.9 Å². The largest absolute Gasteiger partial charge is 0.494 e. The number of primary amides is 1. The van der Waals surface area contributed by atoms with Crippen molar-refractivity contribution in [3.8, 4) is 22.8 Å². The van der Waals surface area contributed by atoms with Crippen LogP contribution in [0.15, 0.2) is 59.0 Å². The van der Waals surface area contributed by atoms with Crippen molar-refractivity contribution in [3.05, 3.63) is 106 Å². The van der Waals surface area contributed by atoms with Gasteiger partial charge in [-0.05, 0) is 61.7 Å². The van der Waals surface area contributed by atoms with Crippen LogP contribution in [0.5, 0.6) is 11.5 Å². The van der Waals surface area contributed by atoms with Gasteiger partial charge in [-0.3, -0.25) is 9.59 Å². The van der Waals surface area contributed by atoms with Crippen molar-refractivity contribution in [1.29, 1.82) is 0 Å². The number of carbonyl (C=O) groups is 2. The molecule has 0 aliphatic heterocycles. The van der Waals surface area contributed by atoms with Crippen molar-refractivity contribution >= 4 is 22.9 Å². The number of amides is 2. The van der Waals surface area contributed by atoms with Gasteiger partial charge in [-0.2, -0.15) is 13.2 Å². The van der Waals surface area contributed by atoms with E-state index in [2.05, 4.69) is 15.3 Å². The summed E-state index contributed by atoms with van der Waals surface area (Å²) in [5.74, 6) is -5.43. The smallest absolute Gasteiger partial charge is 0.419 e. The molecule has 2 amide bonds. The zero-order chi connectivity index (χ0) is 37.5. The molecule has 4 N–H and O–H groups in total. The number of halogens is 6. The summed E-state index contributed by atoms with van der Waals surface area (Å²) >= 11 is 0. The summed E-state index contributed by atoms with van der Waals surface area (Å²) in [5.41, 5.74) is -0.580. The molecule has 6 rings (SSSR count). The standard InChI is InChI=1S/C36H30F6N4O6/c1-3-51-32-18(12-29(43)47)11-28(45-30(32)22-14-23(36(40,41)42)25(39)15-24(22)38)35(49,20-5-4-6-21(37)13-20)16-44-33(48)19-9-26(50-2)31-27(10-19)52-34(46-31)17-7-8-17/h4-6,9-11,13-15,17,49H,3,7-8,12,16H2,1-2H3,(H2,43,47)(H,44,48)/t35-/m1/s1. The summed E-state index contributed by atoms with van der Waals surface area (Å²) in [7, 11) is 1.38. The lowest BCUT2D eigenvalue weighted by atomic mass is 9.87. The molecule has 1 aliphatic rings. The molecule has 0 unspecified atom stereocenters. The van der Waals surface area contributed by atoms with Crippen molar-refractivity contribution < 1.29 is 54.9 Å². The number of oxazole rings is 1. The van der Waals surface area contributed by atoms with E-state index in [1.807, 2.05) is 0 Å². The SMILES string of the molecule is CCOc1c(CC(N)=O)cc([C@@](O)(CNC(=O)c2cc(OC)c3nc(C4CC4)oc3c2)c2cccc(F)c2)nc1-c1cc(C(F)(F)F)c(F)cc1F. The number of rotatable bonds is 12. The van der Waals surface area contributed by atoms with Gasteiger partial charge in [-0.15, -0.1) is 0 Å². The Morgan fingerprint density at radius 3 is 2.42 bits per heavy atom. The number of aliphatic hydroxyl groups is 1. The number of nitrogens with two attached hydrogens (primary N) is 1. The number of nitrogens with one attached hydrogen (secondary N) is 1. The maximum atomic E-state index is 15.4. The van der Waals surface area contributed by atoms with Gasteiger partial charge >= 0.3 is 6.18 Å². The number of nitrogens with zero attached hydrogens (tertiary/aromatic N) is 2. The lowest BCUT2D eigenvalue weighted by molar-refractivity contribution is -0.140. The summed E-state index contributed by atoms with van der Waals surface area (Å²) in [5, 5.41) is 14.9. The maximum absolute atomic E-state index is 15.4. The molecule has 1 fully saturated rings. The highest BCUT2D eigenvalue weighted by Crippen LogP contribution is 2.43. The number of pyridine rings is 1. The maximum Gasteiger partial charge on any atom is 0.419 e. The summed E-state index contributed by atoms with van der Waals surface area (Å²) in [4.78, 5) is 34.6. The molecule has 1 saturated carbocycles. The Hall–Kier alpha value is -5.64. The van der Waals surface area contributed by atoms with E-state index >= 15 is 4.39 Å². The van der Waals surface area contributed by atoms with E-state index in [9.17, 15) is 36.6 Å². The van der Waals surface area contributed by atoms with Gasteiger partial charge in [0.15, 0.2) is 17.0 Å². The molecule has 5 aromatic rings. The topological polar surface area (TPSA) is 150 Å². The molecule has 52 heavy (non-hydrogen) atoms. The molecule has 0 radical (unpaired) electrons. The van der Waals surface area contributed by atoms with Crippen LogP contribution < -0.4 is 20.5 Å². The predicted octanol–water partition coefficient (Wildman–Crippen LogP) is 6.30. The van der Waals surface area contributed by atoms with Crippen LogP contribution in [0, 0.1) is 17.5 Å². The zero-order valence-corrected chi connectivity index (χ0v) is 27.5. The molecule has 2 aromatic heterocycles. The first kappa shape index (κ1) is 36.2. The molecular weight excluding hydrogens is 698 g/mol. The molecule has 1 atom stereocenters. The molecule has 0 saturated heterocycles. The Balaban J connectivity index is 1.50. The third-order valence-corrected chi connectivity index (χ3v) is 8.44. The monoisotopic (exact) mass is 728 g/mol. The number of methoxy groups -OCH3 is 1. The van der Waals surface area contributed by atoms with Gasteiger partial charge in [0, 0.05) is 28.7 Å². The van der Waals surface area contributed by atoms with Crippen LogP contribution in [0.2, 0.25) is 0 Å². The first-order chi connectivity index (χ1) is 24.6. The van der Waals surface area contributed by atoms with Crippen LogP contribution >= 0.6 is 0 Å². The summed E-state index contributed by atoms with van der Waals surface area (Å²) in [6.07, 6.45) is -4.09. The first-order valence-corrected chi connectivity index (χ1v) is 15.9. The van der Waals surface area contributed by atoms with E-state index in [-0.39, 0.29) is 58.4 Å². The zero-order valence-electron chi connectivity index (χ0n) is 27.5. The number of carbonyl (C=O) groups excluding carboxylic acids is 2. The molecule has 1 aliphatic carbocycles. The first-order valence-electron chi connectivity index (χ1n) is 15.9. The van der Waals surface area contributed by atoms with Gasteiger partial charge in [-0.25, -0.2) is 23.1 Å². The van der Waals surface area contributed by atoms with Gasteiger partial charge in [0.25, 0.3) is 5.91 Å². The fraction of sp³-hybridized carbons (Fsp3) is 0.278. The van der Waals surface area contributed by atoms with Gasteiger partial charge in [0.05, 0.1) is 37.9 Å². The second-order valence-corrected chi connectivity index (χ2v) is 12.1. The van der Waals surface area contributed by atoms with Crippen LogP contribution in [0.1, 0.15) is 64.3 Å². The highest BCUT2D eigenvalue weighted by Gasteiger charge is 2.39. The minimum atomic E-state index is -5.25. The Bertz CT molecular complexity index is 2200. The number of aromatic nitrogens is 2. The van der Waals surface area contributed by atoms with E-state index in [4.69, 9.17) is 19.6 Å². The Morgan fingerprint density at radius 2 is 1.79 bits per heavy atom. The summed E-state index contributed by atoms with van der Waals surface area (Å²) in [6, 6.07) is 8.63. The molecule has 10 nitrogen and oxygen atoms in total. The number of fused-ring (bicyclic) bond motifs is 1. The molecule has 0 bridgehead atoms. The van der Waals surface area contributed by atoms with E-state index in [0.29, 0.717) is 11.4 Å². The lowest BCUT2D eigenvalue weighted by Gasteiger charge is -2.30. The minimum Gasteiger partial charge on any atom is -0.494 e. The normalized spacial score (nSPS) is 14.2. The van der Waals surface area contributed by atoms with Crippen molar-refractivity contribution in [1.82, 2.24) is 15.3 Å². The molecule has 272 valence electrons. The van der Waals surface area contributed by atoms with Crippen molar-refractivity contribution in [3.63, 3.8) is 0 Å². The van der Waals surface area contributed by atoms with Gasteiger partial charge < -0.3 is 30.0 Å².